The third-order valence-corrected chi connectivity index (χ3v) is 5.02. The molecule has 0 saturated heterocycles. The largest absolute Gasteiger partial charge is 0.308 e. The molecule has 0 radical (unpaired) electrons. The van der Waals surface area contributed by atoms with Crippen molar-refractivity contribution in [3.8, 4) is 11.8 Å². The molecule has 0 aliphatic carbocycles. The molecule has 2 nitrogen and oxygen atoms in total. The Morgan fingerprint density at radius 1 is 0.741 bits per heavy atom. The van der Waals surface area contributed by atoms with Crippen LogP contribution in [-0.4, -0.2) is 4.57 Å². The summed E-state index contributed by atoms with van der Waals surface area (Å²) in [6, 6.07) is 12.4. The molecule has 0 unspecified atom stereocenters. The molecule has 3 aromatic carbocycles. The maximum Gasteiger partial charge on any atom is 0.146 e. The first-order valence-electron chi connectivity index (χ1n) is 8.74. The van der Waals surface area contributed by atoms with Crippen molar-refractivity contribution in [2.45, 2.75) is 27.7 Å². The number of hydrogen-bond acceptors (Lipinski definition) is 1. The number of nitrogens with zero attached hydrogens (tertiary/aromatic N) is 2. The van der Waals surface area contributed by atoms with Crippen LogP contribution >= 0.6 is 0 Å². The van der Waals surface area contributed by atoms with Crippen molar-refractivity contribution in [3.05, 3.63) is 75.8 Å². The van der Waals surface area contributed by atoms with Crippen LogP contribution in [0.2, 0.25) is 0 Å². The molecule has 0 amide bonds. The molecule has 0 bridgehead atoms. The molecular formula is C23H18F2N2. The van der Waals surface area contributed by atoms with Crippen LogP contribution in [0.1, 0.15) is 27.8 Å². The Balaban J connectivity index is 2.25. The molecule has 1 heterocycles. The Kier molecular flexibility index (Phi) is 3.78. The maximum absolute atomic E-state index is 14.4. The lowest BCUT2D eigenvalue weighted by Gasteiger charge is -2.12. The van der Waals surface area contributed by atoms with Gasteiger partial charge in [-0.2, -0.15) is 5.26 Å². The zero-order chi connectivity index (χ0) is 19.5. The number of halogens is 2. The zero-order valence-corrected chi connectivity index (χ0v) is 15.6. The monoisotopic (exact) mass is 360 g/mol. The summed E-state index contributed by atoms with van der Waals surface area (Å²) in [4.78, 5) is 0. The number of aromatic nitrogens is 1. The molecule has 27 heavy (non-hydrogen) atoms. The highest BCUT2D eigenvalue weighted by Gasteiger charge is 2.19. The van der Waals surface area contributed by atoms with E-state index in [9.17, 15) is 8.78 Å². The van der Waals surface area contributed by atoms with E-state index in [-0.39, 0.29) is 0 Å². The number of aryl methyl sites for hydroxylation is 4. The summed E-state index contributed by atoms with van der Waals surface area (Å²) in [6.07, 6.45) is 0. The Labute approximate surface area is 156 Å². The minimum absolute atomic E-state index is 0.378. The Morgan fingerprint density at radius 2 is 1.19 bits per heavy atom. The average molecular weight is 360 g/mol. The van der Waals surface area contributed by atoms with Gasteiger partial charge in [-0.05, 0) is 63.1 Å². The van der Waals surface area contributed by atoms with Gasteiger partial charge in [-0.25, -0.2) is 8.78 Å². The molecule has 0 spiro atoms. The van der Waals surface area contributed by atoms with E-state index in [4.69, 9.17) is 5.26 Å². The van der Waals surface area contributed by atoms with Crippen molar-refractivity contribution in [3.63, 3.8) is 0 Å². The van der Waals surface area contributed by atoms with Crippen LogP contribution in [0.25, 0.3) is 27.5 Å². The predicted molar refractivity (Wildman–Crippen MR) is 104 cm³/mol. The van der Waals surface area contributed by atoms with Gasteiger partial charge in [0.2, 0.25) is 0 Å². The second-order valence-corrected chi connectivity index (χ2v) is 7.19. The molecule has 4 rings (SSSR count). The zero-order valence-electron chi connectivity index (χ0n) is 15.6. The maximum atomic E-state index is 14.4. The lowest BCUT2D eigenvalue weighted by molar-refractivity contribution is 0.575. The van der Waals surface area contributed by atoms with Crippen LogP contribution in [0.4, 0.5) is 8.78 Å². The lowest BCUT2D eigenvalue weighted by atomic mass is 10.0. The SMILES string of the molecule is Cc1cc(C)c2c(c1)c1cc(C)cc(C)c1n2-c1cc(F)c(C#N)c(F)c1. The van der Waals surface area contributed by atoms with Crippen molar-refractivity contribution >= 4 is 21.8 Å². The van der Waals surface area contributed by atoms with Crippen LogP contribution in [0.5, 0.6) is 0 Å². The summed E-state index contributed by atoms with van der Waals surface area (Å²) in [5, 5.41) is 11.1. The highest BCUT2D eigenvalue weighted by Crippen LogP contribution is 2.37. The van der Waals surface area contributed by atoms with Crippen LogP contribution in [0, 0.1) is 50.7 Å². The van der Waals surface area contributed by atoms with Crippen LogP contribution in [-0.2, 0) is 0 Å². The van der Waals surface area contributed by atoms with Gasteiger partial charge in [0, 0.05) is 10.8 Å². The predicted octanol–water partition coefficient (Wildman–Crippen LogP) is 6.17. The van der Waals surface area contributed by atoms with Gasteiger partial charge >= 0.3 is 0 Å². The Hall–Kier alpha value is -3.19. The van der Waals surface area contributed by atoms with Gasteiger partial charge in [-0.3, -0.25) is 0 Å². The molecule has 0 aliphatic rings. The minimum Gasteiger partial charge on any atom is -0.308 e. The van der Waals surface area contributed by atoms with Gasteiger partial charge in [0.15, 0.2) is 0 Å². The van der Waals surface area contributed by atoms with E-state index >= 15 is 0 Å². The van der Waals surface area contributed by atoms with E-state index in [2.05, 4.69) is 24.3 Å². The minimum atomic E-state index is -0.850. The first kappa shape index (κ1) is 17.2. The van der Waals surface area contributed by atoms with Gasteiger partial charge < -0.3 is 4.57 Å². The highest BCUT2D eigenvalue weighted by atomic mass is 19.1. The smallest absolute Gasteiger partial charge is 0.146 e. The number of rotatable bonds is 1. The fourth-order valence-electron chi connectivity index (χ4n) is 4.09. The Bertz CT molecular complexity index is 1200. The number of fused-ring (bicyclic) bond motifs is 3. The van der Waals surface area contributed by atoms with Crippen LogP contribution in [0.3, 0.4) is 0 Å². The summed E-state index contributed by atoms with van der Waals surface area (Å²) < 4.78 is 30.6. The molecule has 4 aromatic rings. The number of nitriles is 1. The fraction of sp³-hybridized carbons (Fsp3) is 0.174. The second-order valence-electron chi connectivity index (χ2n) is 7.19. The molecule has 1 aromatic heterocycles. The normalized spacial score (nSPS) is 11.3. The van der Waals surface area contributed by atoms with Crippen molar-refractivity contribution < 1.29 is 8.78 Å². The standard InChI is InChI=1S/C23H18F2N2/c1-12-5-14(3)22-17(7-12)18-8-13(2)6-15(4)23(18)27(22)16-9-20(24)19(11-26)21(25)10-16/h5-10H,1-4H3. The van der Waals surface area contributed by atoms with Crippen molar-refractivity contribution in [2.75, 3.05) is 0 Å². The average Bonchev–Trinajstić information content (AvgIpc) is 2.89. The molecule has 4 heteroatoms. The third kappa shape index (κ3) is 2.50. The third-order valence-electron chi connectivity index (χ3n) is 5.02. The summed E-state index contributed by atoms with van der Waals surface area (Å²) in [5.74, 6) is -1.70. The molecule has 0 atom stereocenters. The van der Waals surface area contributed by atoms with Gasteiger partial charge in [-0.15, -0.1) is 0 Å². The van der Waals surface area contributed by atoms with Gasteiger partial charge in [0.05, 0.1) is 16.7 Å². The first-order chi connectivity index (χ1) is 12.8. The van der Waals surface area contributed by atoms with Crippen molar-refractivity contribution in [1.82, 2.24) is 4.57 Å². The summed E-state index contributed by atoms with van der Waals surface area (Å²) in [6.45, 7) is 8.09. The number of benzene rings is 3. The van der Waals surface area contributed by atoms with Gasteiger partial charge in [-0.1, -0.05) is 23.3 Å². The molecule has 0 aliphatic heterocycles. The van der Waals surface area contributed by atoms with E-state index in [0.717, 1.165) is 44.1 Å². The molecule has 0 fully saturated rings. The van der Waals surface area contributed by atoms with E-state index in [0.29, 0.717) is 5.69 Å². The van der Waals surface area contributed by atoms with Crippen molar-refractivity contribution in [1.29, 1.82) is 5.26 Å². The van der Waals surface area contributed by atoms with Gasteiger partial charge in [0.1, 0.15) is 23.3 Å². The quantitative estimate of drug-likeness (QED) is 0.399. The number of hydrogen-bond donors (Lipinski definition) is 0. The van der Waals surface area contributed by atoms with Crippen LogP contribution < -0.4 is 0 Å². The van der Waals surface area contributed by atoms with Crippen molar-refractivity contribution in [2.24, 2.45) is 0 Å². The van der Waals surface area contributed by atoms with E-state index < -0.39 is 17.2 Å². The second kappa shape index (κ2) is 5.92. The van der Waals surface area contributed by atoms with Gasteiger partial charge in [0.25, 0.3) is 0 Å². The Morgan fingerprint density at radius 3 is 1.59 bits per heavy atom. The molecule has 0 N–H and O–H groups in total. The molecular weight excluding hydrogens is 342 g/mol. The van der Waals surface area contributed by atoms with Crippen LogP contribution in [0.15, 0.2) is 36.4 Å². The molecule has 0 saturated carbocycles. The topological polar surface area (TPSA) is 28.7 Å². The summed E-state index contributed by atoms with van der Waals surface area (Å²) >= 11 is 0. The highest BCUT2D eigenvalue weighted by molar-refractivity contribution is 6.11. The summed E-state index contributed by atoms with van der Waals surface area (Å²) in [7, 11) is 0. The fourth-order valence-corrected chi connectivity index (χ4v) is 4.09. The van der Waals surface area contributed by atoms with E-state index in [1.165, 1.54) is 12.1 Å². The van der Waals surface area contributed by atoms with E-state index in [1.54, 1.807) is 6.07 Å². The lowest BCUT2D eigenvalue weighted by Crippen LogP contribution is -2.01. The first-order valence-corrected chi connectivity index (χ1v) is 8.74. The molecule has 134 valence electrons. The van der Waals surface area contributed by atoms with E-state index in [1.807, 2.05) is 32.3 Å². The summed E-state index contributed by atoms with van der Waals surface area (Å²) in [5.41, 5.74) is 6.00.